The summed E-state index contributed by atoms with van der Waals surface area (Å²) in [6, 6.07) is 5.60. The highest BCUT2D eigenvalue weighted by Gasteiger charge is 2.21. The van der Waals surface area contributed by atoms with Crippen molar-refractivity contribution in [2.75, 3.05) is 11.9 Å². The Morgan fingerprint density at radius 1 is 1.33 bits per heavy atom. The van der Waals surface area contributed by atoms with E-state index in [0.717, 1.165) is 16.1 Å². The Hall–Kier alpha value is -1.59. The molecule has 0 N–H and O–H groups in total. The van der Waals surface area contributed by atoms with Crippen LogP contribution in [0.2, 0.25) is 5.15 Å². The van der Waals surface area contributed by atoms with Gasteiger partial charge in [-0.25, -0.2) is 9.78 Å². The number of nitrogens with zero attached hydrogens (tertiary/aromatic N) is 2. The van der Waals surface area contributed by atoms with Crippen molar-refractivity contribution in [2.24, 2.45) is 0 Å². The second-order valence-corrected chi connectivity index (χ2v) is 6.86. The fraction of sp³-hybridized carbons (Fsp3) is 0.333. The molecule has 112 valence electrons. The Balaban J connectivity index is 2.18. The average Bonchev–Trinajstić information content (AvgIpc) is 2.85. The smallest absolute Gasteiger partial charge is 0.415 e. The minimum Gasteiger partial charge on any atom is -0.443 e. The lowest BCUT2D eigenvalue weighted by molar-refractivity contribution is 0.0590. The van der Waals surface area contributed by atoms with Gasteiger partial charge in [0.15, 0.2) is 0 Å². The first-order valence-corrected chi connectivity index (χ1v) is 7.69. The number of aromatic nitrogens is 1. The maximum absolute atomic E-state index is 12.0. The van der Waals surface area contributed by atoms with Gasteiger partial charge in [-0.15, -0.1) is 11.3 Å². The summed E-state index contributed by atoms with van der Waals surface area (Å²) in [4.78, 5) is 17.5. The number of rotatable bonds is 2. The predicted molar refractivity (Wildman–Crippen MR) is 87.2 cm³/mol. The number of carbonyl (C=O) groups is 1. The van der Waals surface area contributed by atoms with E-state index in [-0.39, 0.29) is 6.09 Å². The van der Waals surface area contributed by atoms with Crippen LogP contribution in [0.15, 0.2) is 29.8 Å². The number of carbonyl (C=O) groups excluding carboxylic acids is 1. The van der Waals surface area contributed by atoms with Gasteiger partial charge in [0.1, 0.15) is 15.8 Å². The van der Waals surface area contributed by atoms with Crippen LogP contribution in [0.25, 0.3) is 11.1 Å². The highest BCUT2D eigenvalue weighted by atomic mass is 35.5. The maximum atomic E-state index is 12.0. The molecule has 6 heteroatoms. The van der Waals surface area contributed by atoms with E-state index in [1.54, 1.807) is 19.3 Å². The summed E-state index contributed by atoms with van der Waals surface area (Å²) in [5.74, 6) is 0. The van der Waals surface area contributed by atoms with E-state index < -0.39 is 5.60 Å². The van der Waals surface area contributed by atoms with E-state index >= 15 is 0 Å². The Bertz CT molecular complexity index is 649. The second kappa shape index (κ2) is 6.03. The van der Waals surface area contributed by atoms with E-state index in [1.165, 1.54) is 16.2 Å². The molecular weight excluding hydrogens is 308 g/mol. The molecule has 0 aliphatic carbocycles. The fourth-order valence-corrected chi connectivity index (χ4v) is 2.71. The van der Waals surface area contributed by atoms with Crippen LogP contribution in [0, 0.1) is 0 Å². The quantitative estimate of drug-likeness (QED) is 0.743. The van der Waals surface area contributed by atoms with Crippen molar-refractivity contribution in [1.82, 2.24) is 4.98 Å². The highest BCUT2D eigenvalue weighted by molar-refractivity contribution is 7.14. The Labute approximate surface area is 133 Å². The van der Waals surface area contributed by atoms with E-state index in [0.29, 0.717) is 5.15 Å². The summed E-state index contributed by atoms with van der Waals surface area (Å²) in [7, 11) is 1.70. The van der Waals surface area contributed by atoms with Crippen molar-refractivity contribution in [3.8, 4) is 11.1 Å². The summed E-state index contributed by atoms with van der Waals surface area (Å²) in [6.07, 6.45) is 1.29. The van der Waals surface area contributed by atoms with Gasteiger partial charge in [0.05, 0.1) is 0 Å². The molecule has 0 saturated carbocycles. The van der Waals surface area contributed by atoms with Gasteiger partial charge in [-0.2, -0.15) is 0 Å². The van der Waals surface area contributed by atoms with Gasteiger partial charge < -0.3 is 4.74 Å². The normalized spacial score (nSPS) is 11.3. The van der Waals surface area contributed by atoms with Crippen molar-refractivity contribution in [1.29, 1.82) is 0 Å². The van der Waals surface area contributed by atoms with Crippen molar-refractivity contribution < 1.29 is 9.53 Å². The van der Waals surface area contributed by atoms with Crippen LogP contribution in [0.4, 0.5) is 9.80 Å². The molecule has 4 nitrogen and oxygen atoms in total. The number of amides is 1. The minimum atomic E-state index is -0.510. The van der Waals surface area contributed by atoms with Crippen LogP contribution in [0.1, 0.15) is 20.8 Å². The monoisotopic (exact) mass is 324 g/mol. The number of thiophene rings is 1. The number of halogens is 1. The first-order valence-electron chi connectivity index (χ1n) is 6.43. The SMILES string of the molecule is CN(C(=O)OC(C)(C)C)c1cc(-c2ccnc(Cl)c2)cs1. The lowest BCUT2D eigenvalue weighted by atomic mass is 10.1. The maximum Gasteiger partial charge on any atom is 0.415 e. The second-order valence-electron chi connectivity index (χ2n) is 5.58. The Morgan fingerprint density at radius 2 is 2.05 bits per heavy atom. The summed E-state index contributed by atoms with van der Waals surface area (Å²) in [6.45, 7) is 5.53. The first-order chi connectivity index (χ1) is 9.76. The molecule has 0 bridgehead atoms. The third kappa shape index (κ3) is 4.19. The first kappa shape index (κ1) is 15.8. The van der Waals surface area contributed by atoms with Crippen LogP contribution in [-0.4, -0.2) is 23.7 Å². The molecule has 1 amide bonds. The highest BCUT2D eigenvalue weighted by Crippen LogP contribution is 2.32. The molecule has 2 rings (SSSR count). The van der Waals surface area contributed by atoms with Crippen LogP contribution >= 0.6 is 22.9 Å². The zero-order valence-corrected chi connectivity index (χ0v) is 14.0. The van der Waals surface area contributed by atoms with Gasteiger partial charge >= 0.3 is 6.09 Å². The molecule has 0 radical (unpaired) electrons. The Morgan fingerprint density at radius 3 is 2.67 bits per heavy atom. The van der Waals surface area contributed by atoms with Gasteiger partial charge in [-0.05, 0) is 50.1 Å². The topological polar surface area (TPSA) is 42.4 Å². The fourth-order valence-electron chi connectivity index (χ4n) is 1.65. The standard InChI is InChI=1S/C15H17ClN2O2S/c1-15(2,3)20-14(19)18(4)13-8-11(9-21-13)10-5-6-17-12(16)7-10/h5-9H,1-4H3. The van der Waals surface area contributed by atoms with Crippen molar-refractivity contribution in [2.45, 2.75) is 26.4 Å². The third-order valence-corrected chi connectivity index (χ3v) is 3.86. The molecule has 2 heterocycles. The number of hydrogen-bond donors (Lipinski definition) is 0. The van der Waals surface area contributed by atoms with Crippen molar-refractivity contribution in [3.05, 3.63) is 34.9 Å². The van der Waals surface area contributed by atoms with E-state index in [1.807, 2.05) is 38.3 Å². The Kier molecular flexibility index (Phi) is 4.54. The third-order valence-electron chi connectivity index (χ3n) is 2.64. The number of pyridine rings is 1. The average molecular weight is 325 g/mol. The van der Waals surface area contributed by atoms with Gasteiger partial charge in [-0.3, -0.25) is 4.90 Å². The van der Waals surface area contributed by atoms with Crippen molar-refractivity contribution in [3.63, 3.8) is 0 Å². The largest absolute Gasteiger partial charge is 0.443 e. The van der Waals surface area contributed by atoms with Crippen LogP contribution < -0.4 is 4.90 Å². The lowest BCUT2D eigenvalue weighted by Crippen LogP contribution is -2.33. The molecule has 0 atom stereocenters. The molecule has 0 aliphatic heterocycles. The minimum absolute atomic E-state index is 0.372. The molecule has 0 aliphatic rings. The predicted octanol–water partition coefficient (Wildman–Crippen LogP) is 4.83. The molecule has 0 saturated heterocycles. The van der Waals surface area contributed by atoms with Gasteiger partial charge in [0.2, 0.25) is 0 Å². The molecule has 2 aromatic rings. The lowest BCUT2D eigenvalue weighted by Gasteiger charge is -2.23. The summed E-state index contributed by atoms with van der Waals surface area (Å²) >= 11 is 7.37. The van der Waals surface area contributed by atoms with Gasteiger partial charge in [0.25, 0.3) is 0 Å². The molecule has 0 aromatic carbocycles. The molecule has 0 spiro atoms. The van der Waals surface area contributed by atoms with E-state index in [9.17, 15) is 4.79 Å². The summed E-state index contributed by atoms with van der Waals surface area (Å²) in [5.41, 5.74) is 1.45. The molecule has 0 fully saturated rings. The van der Waals surface area contributed by atoms with E-state index in [2.05, 4.69) is 4.98 Å². The van der Waals surface area contributed by atoms with Crippen molar-refractivity contribution >= 4 is 34.0 Å². The number of ether oxygens (including phenoxy) is 1. The van der Waals surface area contributed by atoms with Crippen LogP contribution in [-0.2, 0) is 4.74 Å². The van der Waals surface area contributed by atoms with Crippen LogP contribution in [0.5, 0.6) is 0 Å². The number of hydrogen-bond acceptors (Lipinski definition) is 4. The zero-order chi connectivity index (χ0) is 15.6. The van der Waals surface area contributed by atoms with Gasteiger partial charge in [0, 0.05) is 18.6 Å². The van der Waals surface area contributed by atoms with Gasteiger partial charge in [-0.1, -0.05) is 11.6 Å². The summed E-state index contributed by atoms with van der Waals surface area (Å²) in [5, 5.41) is 3.23. The summed E-state index contributed by atoms with van der Waals surface area (Å²) < 4.78 is 5.35. The van der Waals surface area contributed by atoms with E-state index in [4.69, 9.17) is 16.3 Å². The number of anilines is 1. The molecular formula is C15H17ClN2O2S. The molecule has 2 aromatic heterocycles. The zero-order valence-electron chi connectivity index (χ0n) is 12.4. The molecule has 21 heavy (non-hydrogen) atoms. The molecule has 0 unspecified atom stereocenters. The van der Waals surface area contributed by atoms with Crippen LogP contribution in [0.3, 0.4) is 0 Å².